The molecule has 0 aromatic carbocycles. The average Bonchev–Trinajstić information content (AvgIpc) is 2.66. The molecule has 1 saturated heterocycles. The first-order valence-corrected chi connectivity index (χ1v) is 8.95. The number of nitrogens with one attached hydrogen (secondary N) is 1. The largest absolute Gasteiger partial charge is 0.368 e. The zero-order valence-electron chi connectivity index (χ0n) is 15.1. The second kappa shape index (κ2) is 10.8. The Kier molecular flexibility index (Phi) is 8.34. The summed E-state index contributed by atoms with van der Waals surface area (Å²) < 4.78 is 5.43. The molecule has 0 bridgehead atoms. The van der Waals surface area contributed by atoms with Crippen LogP contribution in [0.5, 0.6) is 0 Å². The summed E-state index contributed by atoms with van der Waals surface area (Å²) in [4.78, 5) is 25.1. The van der Waals surface area contributed by atoms with Gasteiger partial charge in [-0.05, 0) is 32.4 Å². The maximum absolute atomic E-state index is 11.9. The Morgan fingerprint density at radius 3 is 2.76 bits per heavy atom. The average molecular weight is 347 g/mol. The van der Waals surface area contributed by atoms with E-state index in [0.29, 0.717) is 13.2 Å². The van der Waals surface area contributed by atoms with Crippen LogP contribution in [0.15, 0.2) is 31.1 Å². The Labute approximate surface area is 150 Å². The van der Waals surface area contributed by atoms with Crippen molar-refractivity contribution in [1.29, 1.82) is 0 Å². The number of carbonyl (C=O) groups excluding carboxylic acids is 1. The molecular formula is C18H29N5O2. The van der Waals surface area contributed by atoms with E-state index in [1.165, 1.54) is 0 Å². The number of aromatic nitrogens is 2. The Morgan fingerprint density at radius 1 is 1.36 bits per heavy atom. The van der Waals surface area contributed by atoms with Gasteiger partial charge in [-0.3, -0.25) is 9.69 Å². The van der Waals surface area contributed by atoms with Gasteiger partial charge < -0.3 is 15.0 Å². The van der Waals surface area contributed by atoms with Crippen molar-refractivity contribution >= 4 is 11.9 Å². The van der Waals surface area contributed by atoms with Crippen molar-refractivity contribution in [2.24, 2.45) is 0 Å². The molecule has 7 nitrogen and oxygen atoms in total. The fraction of sp³-hybridized carbons (Fsp3) is 0.611. The monoisotopic (exact) mass is 347 g/mol. The fourth-order valence-corrected chi connectivity index (χ4v) is 2.69. The van der Waals surface area contributed by atoms with Gasteiger partial charge in [0.1, 0.15) is 6.10 Å². The highest BCUT2D eigenvalue weighted by molar-refractivity contribution is 5.80. The van der Waals surface area contributed by atoms with E-state index < -0.39 is 6.10 Å². The maximum Gasteiger partial charge on any atom is 0.248 e. The molecule has 1 unspecified atom stereocenters. The predicted octanol–water partition coefficient (Wildman–Crippen LogP) is 1.09. The van der Waals surface area contributed by atoms with Crippen LogP contribution in [0.25, 0.3) is 0 Å². The number of anilines is 1. The molecule has 25 heavy (non-hydrogen) atoms. The zero-order chi connectivity index (χ0) is 17.9. The van der Waals surface area contributed by atoms with Gasteiger partial charge >= 0.3 is 0 Å². The van der Waals surface area contributed by atoms with Gasteiger partial charge in [0.05, 0.1) is 6.61 Å². The number of carbonyl (C=O) groups is 1. The molecule has 0 radical (unpaired) electrons. The molecule has 1 aliphatic rings. The van der Waals surface area contributed by atoms with Crippen molar-refractivity contribution in [2.75, 3.05) is 50.8 Å². The van der Waals surface area contributed by atoms with Crippen molar-refractivity contribution in [3.8, 4) is 0 Å². The third-order valence-corrected chi connectivity index (χ3v) is 4.22. The van der Waals surface area contributed by atoms with Gasteiger partial charge in [0.25, 0.3) is 0 Å². The highest BCUT2D eigenvalue weighted by Gasteiger charge is 2.18. The first kappa shape index (κ1) is 19.3. The minimum atomic E-state index is -0.408. The van der Waals surface area contributed by atoms with Crippen molar-refractivity contribution in [3.63, 3.8) is 0 Å². The third-order valence-electron chi connectivity index (χ3n) is 4.22. The molecule has 1 aromatic rings. The highest BCUT2D eigenvalue weighted by atomic mass is 16.5. The predicted molar refractivity (Wildman–Crippen MR) is 98.5 cm³/mol. The summed E-state index contributed by atoms with van der Waals surface area (Å²) in [5.41, 5.74) is 0. The number of hydrogen-bond donors (Lipinski definition) is 1. The van der Waals surface area contributed by atoms with Crippen LogP contribution in [0.4, 0.5) is 5.95 Å². The Hall–Kier alpha value is -1.99. The summed E-state index contributed by atoms with van der Waals surface area (Å²) in [7, 11) is 0. The fourth-order valence-electron chi connectivity index (χ4n) is 2.69. The number of hydrogen-bond acceptors (Lipinski definition) is 6. The summed E-state index contributed by atoms with van der Waals surface area (Å²) in [6.07, 6.45) is 6.63. The molecule has 0 aliphatic carbocycles. The lowest BCUT2D eigenvalue weighted by Gasteiger charge is -2.34. The molecule has 7 heteroatoms. The van der Waals surface area contributed by atoms with Gasteiger partial charge in [-0.1, -0.05) is 6.08 Å². The van der Waals surface area contributed by atoms with Crippen LogP contribution in [0, 0.1) is 0 Å². The molecule has 2 rings (SSSR count). The summed E-state index contributed by atoms with van der Waals surface area (Å²) in [5.74, 6) is 0.759. The molecule has 0 spiro atoms. The van der Waals surface area contributed by atoms with E-state index in [1.54, 1.807) is 25.4 Å². The van der Waals surface area contributed by atoms with E-state index in [1.807, 2.05) is 6.07 Å². The number of rotatable bonds is 10. The molecule has 0 saturated carbocycles. The van der Waals surface area contributed by atoms with Gasteiger partial charge in [-0.2, -0.15) is 0 Å². The second-order valence-electron chi connectivity index (χ2n) is 6.11. The molecule has 1 N–H and O–H groups in total. The highest BCUT2D eigenvalue weighted by Crippen LogP contribution is 2.09. The van der Waals surface area contributed by atoms with E-state index in [9.17, 15) is 4.79 Å². The lowest BCUT2D eigenvalue weighted by Crippen LogP contribution is -2.47. The van der Waals surface area contributed by atoms with Crippen LogP contribution in [0.3, 0.4) is 0 Å². The Morgan fingerprint density at radius 2 is 2.08 bits per heavy atom. The summed E-state index contributed by atoms with van der Waals surface area (Å²) >= 11 is 0. The summed E-state index contributed by atoms with van der Waals surface area (Å²) in [6, 6.07) is 1.83. The standard InChI is InChI=1S/C18H29N5O2/c1-3-4-15-25-16(2)17(24)19-9-6-10-22-11-13-23(14-12-22)18-20-7-5-8-21-18/h3,5,7-8,16H,1,4,6,9-15H2,2H3,(H,19,24). The molecule has 1 aromatic heterocycles. The van der Waals surface area contributed by atoms with Crippen molar-refractivity contribution in [3.05, 3.63) is 31.1 Å². The third kappa shape index (κ3) is 6.80. The van der Waals surface area contributed by atoms with Crippen LogP contribution in [0.1, 0.15) is 19.8 Å². The van der Waals surface area contributed by atoms with Crippen LogP contribution >= 0.6 is 0 Å². The smallest absolute Gasteiger partial charge is 0.248 e. The number of amides is 1. The first-order chi connectivity index (χ1) is 12.2. The van der Waals surface area contributed by atoms with E-state index in [4.69, 9.17) is 4.74 Å². The first-order valence-electron chi connectivity index (χ1n) is 8.95. The molecule has 1 fully saturated rings. The quantitative estimate of drug-likeness (QED) is 0.505. The molecule has 138 valence electrons. The topological polar surface area (TPSA) is 70.6 Å². The second-order valence-corrected chi connectivity index (χ2v) is 6.11. The Bertz CT molecular complexity index is 517. The molecular weight excluding hydrogens is 318 g/mol. The van der Waals surface area contributed by atoms with Crippen molar-refractivity contribution in [1.82, 2.24) is 20.2 Å². The normalized spacial score (nSPS) is 16.4. The number of piperazine rings is 1. The lowest BCUT2D eigenvalue weighted by molar-refractivity contribution is -0.131. The van der Waals surface area contributed by atoms with Crippen LogP contribution in [-0.4, -0.2) is 72.8 Å². The van der Waals surface area contributed by atoms with Gasteiger partial charge in [0.15, 0.2) is 0 Å². The van der Waals surface area contributed by atoms with Crippen molar-refractivity contribution in [2.45, 2.75) is 25.9 Å². The zero-order valence-corrected chi connectivity index (χ0v) is 15.1. The number of ether oxygens (including phenoxy) is 1. The SMILES string of the molecule is C=CCCOC(C)C(=O)NCCCN1CCN(c2ncccn2)CC1. The van der Waals surface area contributed by atoms with Crippen molar-refractivity contribution < 1.29 is 9.53 Å². The van der Waals surface area contributed by atoms with Crippen LogP contribution < -0.4 is 10.2 Å². The van der Waals surface area contributed by atoms with Gasteiger partial charge in [0.2, 0.25) is 11.9 Å². The minimum absolute atomic E-state index is 0.0462. The van der Waals surface area contributed by atoms with E-state index in [-0.39, 0.29) is 5.91 Å². The van der Waals surface area contributed by atoms with Gasteiger partial charge in [0, 0.05) is 45.1 Å². The van der Waals surface area contributed by atoms with E-state index >= 15 is 0 Å². The van der Waals surface area contributed by atoms with Gasteiger partial charge in [-0.15, -0.1) is 6.58 Å². The van der Waals surface area contributed by atoms with E-state index in [2.05, 4.69) is 31.7 Å². The summed E-state index contributed by atoms with van der Waals surface area (Å²) in [6.45, 7) is 11.5. The summed E-state index contributed by atoms with van der Waals surface area (Å²) in [5, 5.41) is 2.94. The van der Waals surface area contributed by atoms with Crippen LogP contribution in [-0.2, 0) is 9.53 Å². The van der Waals surface area contributed by atoms with Crippen LogP contribution in [0.2, 0.25) is 0 Å². The van der Waals surface area contributed by atoms with E-state index in [0.717, 1.165) is 51.5 Å². The lowest BCUT2D eigenvalue weighted by atomic mass is 10.3. The molecule has 2 heterocycles. The molecule has 1 amide bonds. The van der Waals surface area contributed by atoms with Gasteiger partial charge in [-0.25, -0.2) is 9.97 Å². The molecule has 1 aliphatic heterocycles. The Balaban J connectivity index is 1.56. The minimum Gasteiger partial charge on any atom is -0.368 e. The molecule has 1 atom stereocenters. The number of nitrogens with zero attached hydrogens (tertiary/aromatic N) is 4. The maximum atomic E-state index is 11.9.